The molecule has 6 heteroatoms. The summed E-state index contributed by atoms with van der Waals surface area (Å²) in [6, 6.07) is 11.7. The van der Waals surface area contributed by atoms with Crippen LogP contribution < -0.4 is 5.73 Å². The zero-order valence-corrected chi connectivity index (χ0v) is 13.0. The van der Waals surface area contributed by atoms with Crippen LogP contribution in [0.3, 0.4) is 0 Å². The van der Waals surface area contributed by atoms with E-state index in [9.17, 15) is 4.39 Å². The van der Waals surface area contributed by atoms with Crippen molar-refractivity contribution < 1.29 is 4.39 Å². The molecule has 3 aromatic rings. The Bertz CT molecular complexity index is 816. The van der Waals surface area contributed by atoms with Crippen molar-refractivity contribution in [2.45, 2.75) is 0 Å². The average molecular weight is 367 g/mol. The van der Waals surface area contributed by atoms with Gasteiger partial charge >= 0.3 is 0 Å². The Morgan fingerprint density at radius 3 is 2.67 bits per heavy atom. The van der Waals surface area contributed by atoms with Gasteiger partial charge in [0, 0.05) is 10.0 Å². The highest BCUT2D eigenvalue weighted by molar-refractivity contribution is 9.10. The Morgan fingerprint density at radius 2 is 1.95 bits per heavy atom. The molecule has 0 saturated carbocycles. The summed E-state index contributed by atoms with van der Waals surface area (Å²) in [7, 11) is 0. The van der Waals surface area contributed by atoms with Crippen LogP contribution in [0.4, 0.5) is 10.2 Å². The summed E-state index contributed by atoms with van der Waals surface area (Å²) < 4.78 is 14.2. The quantitative estimate of drug-likeness (QED) is 0.679. The van der Waals surface area contributed by atoms with E-state index < -0.39 is 0 Å². The number of hydrogen-bond acceptors (Lipinski definition) is 2. The fourth-order valence-corrected chi connectivity index (χ4v) is 2.58. The van der Waals surface area contributed by atoms with Crippen LogP contribution in [-0.4, -0.2) is 10.2 Å². The molecule has 3 nitrogen and oxygen atoms in total. The number of hydrogen-bond donors (Lipinski definition) is 2. The van der Waals surface area contributed by atoms with Gasteiger partial charge in [0.1, 0.15) is 5.82 Å². The van der Waals surface area contributed by atoms with Crippen molar-refractivity contribution in [1.29, 1.82) is 0 Å². The molecule has 0 aliphatic rings. The number of halogens is 3. The first-order chi connectivity index (χ1) is 10.1. The molecule has 106 valence electrons. The number of H-pyrrole nitrogens is 1. The van der Waals surface area contributed by atoms with Gasteiger partial charge in [-0.2, -0.15) is 5.10 Å². The van der Waals surface area contributed by atoms with Gasteiger partial charge in [-0.25, -0.2) is 4.39 Å². The van der Waals surface area contributed by atoms with E-state index >= 15 is 0 Å². The highest BCUT2D eigenvalue weighted by Gasteiger charge is 2.16. The summed E-state index contributed by atoms with van der Waals surface area (Å²) in [4.78, 5) is 0. The first kappa shape index (κ1) is 14.1. The Balaban J connectivity index is 2.19. The third-order valence-electron chi connectivity index (χ3n) is 3.12. The van der Waals surface area contributed by atoms with E-state index in [2.05, 4.69) is 26.1 Å². The molecule has 1 heterocycles. The number of aromatic amines is 1. The molecule has 0 fully saturated rings. The summed E-state index contributed by atoms with van der Waals surface area (Å²) in [6.07, 6.45) is 0. The highest BCUT2D eigenvalue weighted by atomic mass is 79.9. The van der Waals surface area contributed by atoms with Crippen LogP contribution in [-0.2, 0) is 0 Å². The maximum Gasteiger partial charge on any atom is 0.153 e. The van der Waals surface area contributed by atoms with Crippen LogP contribution in [0.1, 0.15) is 0 Å². The smallest absolute Gasteiger partial charge is 0.153 e. The van der Waals surface area contributed by atoms with Crippen molar-refractivity contribution in [3.05, 3.63) is 57.8 Å². The maximum absolute atomic E-state index is 13.4. The zero-order chi connectivity index (χ0) is 15.0. The van der Waals surface area contributed by atoms with E-state index in [1.165, 1.54) is 12.1 Å². The number of rotatable bonds is 2. The Morgan fingerprint density at radius 1 is 1.14 bits per heavy atom. The molecule has 0 aliphatic heterocycles. The van der Waals surface area contributed by atoms with Crippen LogP contribution in [0, 0.1) is 5.82 Å². The summed E-state index contributed by atoms with van der Waals surface area (Å²) in [5, 5.41) is 7.49. The molecule has 3 rings (SSSR count). The molecule has 0 unspecified atom stereocenters. The van der Waals surface area contributed by atoms with E-state index in [-0.39, 0.29) is 5.82 Å². The standard InChI is InChI=1S/C15H10BrClFN3/c16-11-5-4-9(7-12(11)17)14-13(15(19)21-20-14)8-2-1-3-10(18)6-8/h1-7H,(H3,19,20,21). The lowest BCUT2D eigenvalue weighted by atomic mass is 10.0. The van der Waals surface area contributed by atoms with Crippen LogP contribution in [0.15, 0.2) is 46.9 Å². The summed E-state index contributed by atoms with van der Waals surface area (Å²) in [6.45, 7) is 0. The molecule has 1 aromatic heterocycles. The lowest BCUT2D eigenvalue weighted by molar-refractivity contribution is 0.628. The molecular formula is C15H10BrClFN3. The third kappa shape index (κ3) is 2.66. The third-order valence-corrected chi connectivity index (χ3v) is 4.35. The van der Waals surface area contributed by atoms with Crippen molar-refractivity contribution in [2.24, 2.45) is 0 Å². The zero-order valence-electron chi connectivity index (χ0n) is 10.7. The molecule has 0 saturated heterocycles. The topological polar surface area (TPSA) is 54.7 Å². The van der Waals surface area contributed by atoms with Gasteiger partial charge in [-0.1, -0.05) is 29.8 Å². The fourth-order valence-electron chi connectivity index (χ4n) is 2.15. The van der Waals surface area contributed by atoms with E-state index in [4.69, 9.17) is 17.3 Å². The van der Waals surface area contributed by atoms with E-state index in [1.807, 2.05) is 12.1 Å². The molecule has 0 spiro atoms. The molecule has 0 bridgehead atoms. The lowest BCUT2D eigenvalue weighted by Gasteiger charge is -2.06. The molecule has 21 heavy (non-hydrogen) atoms. The highest BCUT2D eigenvalue weighted by Crippen LogP contribution is 2.37. The molecular weight excluding hydrogens is 357 g/mol. The minimum atomic E-state index is -0.326. The Labute approximate surface area is 134 Å². The monoisotopic (exact) mass is 365 g/mol. The van der Waals surface area contributed by atoms with Gasteiger partial charge in [-0.05, 0) is 45.8 Å². The van der Waals surface area contributed by atoms with Gasteiger partial charge in [0.05, 0.1) is 16.3 Å². The second kappa shape index (κ2) is 5.50. The van der Waals surface area contributed by atoms with Crippen molar-refractivity contribution in [3.63, 3.8) is 0 Å². The number of nitrogens with two attached hydrogens (primary N) is 1. The number of benzene rings is 2. The predicted octanol–water partition coefficient (Wildman–Crippen LogP) is 4.88. The predicted molar refractivity (Wildman–Crippen MR) is 86.5 cm³/mol. The van der Waals surface area contributed by atoms with Crippen molar-refractivity contribution >= 4 is 33.3 Å². The van der Waals surface area contributed by atoms with Gasteiger partial charge in [-0.15, -0.1) is 0 Å². The molecule has 3 N–H and O–H groups in total. The largest absolute Gasteiger partial charge is 0.382 e. The van der Waals surface area contributed by atoms with Gasteiger partial charge in [-0.3, -0.25) is 5.10 Å². The van der Waals surface area contributed by atoms with Crippen molar-refractivity contribution in [1.82, 2.24) is 10.2 Å². The molecule has 0 aliphatic carbocycles. The summed E-state index contributed by atoms with van der Waals surface area (Å²) >= 11 is 9.47. The number of nitrogens with zero attached hydrogens (tertiary/aromatic N) is 1. The van der Waals surface area contributed by atoms with Gasteiger partial charge in [0.15, 0.2) is 5.82 Å². The average Bonchev–Trinajstić information content (AvgIpc) is 2.84. The van der Waals surface area contributed by atoms with Crippen LogP contribution in [0.25, 0.3) is 22.4 Å². The minimum Gasteiger partial charge on any atom is -0.382 e. The second-order valence-electron chi connectivity index (χ2n) is 4.50. The van der Waals surface area contributed by atoms with Crippen LogP contribution >= 0.6 is 27.5 Å². The SMILES string of the molecule is Nc1n[nH]c(-c2ccc(Br)c(Cl)c2)c1-c1cccc(F)c1. The van der Waals surface area contributed by atoms with Gasteiger partial charge in [0.25, 0.3) is 0 Å². The Hall–Kier alpha value is -1.85. The lowest BCUT2D eigenvalue weighted by Crippen LogP contribution is -1.89. The number of nitrogen functional groups attached to an aromatic ring is 1. The normalized spacial score (nSPS) is 10.8. The molecule has 0 radical (unpaired) electrons. The summed E-state index contributed by atoms with van der Waals surface area (Å²) in [5.74, 6) is -0.0115. The maximum atomic E-state index is 13.4. The van der Waals surface area contributed by atoms with Gasteiger partial charge in [0.2, 0.25) is 0 Å². The fraction of sp³-hybridized carbons (Fsp3) is 0. The van der Waals surface area contributed by atoms with E-state index in [0.717, 1.165) is 10.0 Å². The first-order valence-corrected chi connectivity index (χ1v) is 7.28. The van der Waals surface area contributed by atoms with Crippen molar-refractivity contribution in [3.8, 4) is 22.4 Å². The number of anilines is 1. The minimum absolute atomic E-state index is 0.314. The van der Waals surface area contributed by atoms with E-state index in [0.29, 0.717) is 27.7 Å². The molecule has 0 atom stereocenters. The summed E-state index contributed by atoms with van der Waals surface area (Å²) in [5.41, 5.74) is 8.77. The van der Waals surface area contributed by atoms with E-state index in [1.54, 1.807) is 18.2 Å². The van der Waals surface area contributed by atoms with Gasteiger partial charge < -0.3 is 5.73 Å². The Kier molecular flexibility index (Phi) is 3.69. The van der Waals surface area contributed by atoms with Crippen molar-refractivity contribution in [2.75, 3.05) is 5.73 Å². The molecule has 0 amide bonds. The molecule has 2 aromatic carbocycles. The van der Waals surface area contributed by atoms with Crippen LogP contribution in [0.2, 0.25) is 5.02 Å². The van der Waals surface area contributed by atoms with Crippen LogP contribution in [0.5, 0.6) is 0 Å². The number of aromatic nitrogens is 2. The number of nitrogens with one attached hydrogen (secondary N) is 1. The second-order valence-corrected chi connectivity index (χ2v) is 5.76. The first-order valence-electron chi connectivity index (χ1n) is 6.11.